The van der Waals surface area contributed by atoms with Gasteiger partial charge in [-0.2, -0.15) is 10.4 Å². The summed E-state index contributed by atoms with van der Waals surface area (Å²) in [6.07, 6.45) is 4.98. The van der Waals surface area contributed by atoms with Gasteiger partial charge in [0.2, 0.25) is 0 Å². The van der Waals surface area contributed by atoms with Gasteiger partial charge < -0.3 is 0 Å². The zero-order valence-electron chi connectivity index (χ0n) is 7.68. The van der Waals surface area contributed by atoms with E-state index in [0.29, 0.717) is 5.56 Å². The molecule has 0 aromatic carbocycles. The maximum Gasteiger partial charge on any atom is 0.101 e. The molecule has 0 aliphatic rings. The van der Waals surface area contributed by atoms with Crippen LogP contribution >= 0.6 is 0 Å². The van der Waals surface area contributed by atoms with Crippen LogP contribution in [0, 0.1) is 11.3 Å². The molecule has 4 nitrogen and oxygen atoms in total. The van der Waals surface area contributed by atoms with Crippen LogP contribution in [0.25, 0.3) is 11.3 Å². The fourth-order valence-corrected chi connectivity index (χ4v) is 1.30. The van der Waals surface area contributed by atoms with Crippen molar-refractivity contribution >= 4 is 0 Å². The summed E-state index contributed by atoms with van der Waals surface area (Å²) >= 11 is 0. The summed E-state index contributed by atoms with van der Waals surface area (Å²) < 4.78 is 1.75. The van der Waals surface area contributed by atoms with Crippen LogP contribution in [0.4, 0.5) is 0 Å². The third-order valence-corrected chi connectivity index (χ3v) is 1.98. The quantitative estimate of drug-likeness (QED) is 0.672. The molecule has 4 heteroatoms. The summed E-state index contributed by atoms with van der Waals surface area (Å²) in [5.41, 5.74) is 2.42. The van der Waals surface area contributed by atoms with Crippen molar-refractivity contribution in [3.63, 3.8) is 0 Å². The minimum absolute atomic E-state index is 0.559. The van der Waals surface area contributed by atoms with Crippen molar-refractivity contribution in [3.8, 4) is 17.3 Å². The van der Waals surface area contributed by atoms with Crippen molar-refractivity contribution in [1.82, 2.24) is 14.8 Å². The number of nitrogens with zero attached hydrogens (tertiary/aromatic N) is 4. The Morgan fingerprint density at radius 2 is 2.29 bits per heavy atom. The van der Waals surface area contributed by atoms with Crippen LogP contribution in [0.1, 0.15) is 5.56 Å². The Labute approximate surface area is 81.4 Å². The monoisotopic (exact) mass is 184 g/mol. The minimum Gasteiger partial charge on any atom is -0.268 e. The van der Waals surface area contributed by atoms with Crippen LogP contribution in [0.5, 0.6) is 0 Å². The van der Waals surface area contributed by atoms with E-state index < -0.39 is 0 Å². The molecule has 0 saturated carbocycles. The molecule has 2 aromatic rings. The molecule has 2 aromatic heterocycles. The van der Waals surface area contributed by atoms with Gasteiger partial charge in [-0.1, -0.05) is 0 Å². The van der Waals surface area contributed by atoms with Gasteiger partial charge in [-0.25, -0.2) is 0 Å². The third kappa shape index (κ3) is 1.36. The molecule has 0 N–H and O–H groups in total. The second kappa shape index (κ2) is 3.30. The lowest BCUT2D eigenvalue weighted by molar-refractivity contribution is 0.775. The van der Waals surface area contributed by atoms with E-state index in [4.69, 9.17) is 5.26 Å². The molecule has 0 fully saturated rings. The second-order valence-electron chi connectivity index (χ2n) is 2.91. The van der Waals surface area contributed by atoms with E-state index in [-0.39, 0.29) is 0 Å². The Hall–Kier alpha value is -2.15. The van der Waals surface area contributed by atoms with Crippen LogP contribution in [-0.4, -0.2) is 14.8 Å². The smallest absolute Gasteiger partial charge is 0.101 e. The number of hydrogen-bond donors (Lipinski definition) is 0. The van der Waals surface area contributed by atoms with Gasteiger partial charge in [-0.3, -0.25) is 9.67 Å². The molecule has 68 valence electrons. The topological polar surface area (TPSA) is 54.5 Å². The van der Waals surface area contributed by atoms with E-state index in [9.17, 15) is 0 Å². The fourth-order valence-electron chi connectivity index (χ4n) is 1.30. The van der Waals surface area contributed by atoms with Gasteiger partial charge in [-0.15, -0.1) is 0 Å². The Morgan fingerprint density at radius 1 is 1.43 bits per heavy atom. The zero-order chi connectivity index (χ0) is 9.97. The van der Waals surface area contributed by atoms with Crippen molar-refractivity contribution in [2.24, 2.45) is 7.05 Å². The first-order valence-electron chi connectivity index (χ1n) is 4.15. The van der Waals surface area contributed by atoms with Crippen LogP contribution in [0.3, 0.4) is 0 Å². The van der Waals surface area contributed by atoms with Gasteiger partial charge in [0.25, 0.3) is 0 Å². The summed E-state index contributed by atoms with van der Waals surface area (Å²) in [5.74, 6) is 0. The van der Waals surface area contributed by atoms with Crippen LogP contribution in [-0.2, 0) is 7.05 Å². The zero-order valence-corrected chi connectivity index (χ0v) is 7.68. The molecule has 0 atom stereocenters. The van der Waals surface area contributed by atoms with E-state index in [1.165, 1.54) is 0 Å². The summed E-state index contributed by atoms with van der Waals surface area (Å²) in [7, 11) is 1.86. The minimum atomic E-state index is 0.559. The first-order chi connectivity index (χ1) is 6.81. The van der Waals surface area contributed by atoms with Crippen molar-refractivity contribution in [2.45, 2.75) is 0 Å². The molecule has 0 bridgehead atoms. The highest BCUT2D eigenvalue weighted by molar-refractivity contribution is 5.59. The Balaban J connectivity index is 2.53. The molecule has 0 unspecified atom stereocenters. The summed E-state index contributed by atoms with van der Waals surface area (Å²) in [4.78, 5) is 3.99. The normalized spacial score (nSPS) is 9.71. The predicted octanol–water partition coefficient (Wildman–Crippen LogP) is 1.35. The summed E-state index contributed by atoms with van der Waals surface area (Å²) in [6.45, 7) is 0. The Kier molecular flexibility index (Phi) is 1.99. The average Bonchev–Trinajstić information content (AvgIpc) is 2.65. The van der Waals surface area contributed by atoms with Crippen molar-refractivity contribution in [2.75, 3.05) is 0 Å². The third-order valence-electron chi connectivity index (χ3n) is 1.98. The molecule has 0 amide bonds. The van der Waals surface area contributed by atoms with Crippen molar-refractivity contribution in [1.29, 1.82) is 5.26 Å². The molecule has 2 heterocycles. The Bertz CT molecular complexity index is 493. The highest BCUT2D eigenvalue weighted by Gasteiger charge is 2.03. The maximum atomic E-state index is 8.72. The molecule has 0 radical (unpaired) electrons. The van der Waals surface area contributed by atoms with Gasteiger partial charge in [-0.05, 0) is 12.1 Å². The predicted molar refractivity (Wildman–Crippen MR) is 51.2 cm³/mol. The number of nitriles is 1. The van der Waals surface area contributed by atoms with Crippen LogP contribution in [0.15, 0.2) is 30.7 Å². The van der Waals surface area contributed by atoms with E-state index in [1.54, 1.807) is 29.3 Å². The van der Waals surface area contributed by atoms with Crippen molar-refractivity contribution < 1.29 is 0 Å². The van der Waals surface area contributed by atoms with Gasteiger partial charge >= 0.3 is 0 Å². The average molecular weight is 184 g/mol. The fraction of sp³-hybridized carbons (Fsp3) is 0.100. The largest absolute Gasteiger partial charge is 0.268 e. The van der Waals surface area contributed by atoms with Crippen LogP contribution < -0.4 is 0 Å². The highest BCUT2D eigenvalue weighted by Crippen LogP contribution is 2.17. The standard InChI is InChI=1S/C10H8N4/c1-14-10(2-3-13-14)9-4-8(5-11)6-12-7-9/h2-4,6-7H,1H3. The maximum absolute atomic E-state index is 8.72. The number of aromatic nitrogens is 3. The van der Waals surface area contributed by atoms with Gasteiger partial charge in [0.15, 0.2) is 0 Å². The van der Waals surface area contributed by atoms with E-state index in [0.717, 1.165) is 11.3 Å². The van der Waals surface area contributed by atoms with Crippen LogP contribution in [0.2, 0.25) is 0 Å². The first kappa shape index (κ1) is 8.45. The molecule has 0 spiro atoms. The molecular weight excluding hydrogens is 176 g/mol. The molecule has 0 aliphatic heterocycles. The number of hydrogen-bond acceptors (Lipinski definition) is 3. The number of rotatable bonds is 1. The number of pyridine rings is 1. The Morgan fingerprint density at radius 3 is 2.93 bits per heavy atom. The van der Waals surface area contributed by atoms with E-state index in [1.807, 2.05) is 13.1 Å². The van der Waals surface area contributed by atoms with Gasteiger partial charge in [0, 0.05) is 31.2 Å². The van der Waals surface area contributed by atoms with E-state index >= 15 is 0 Å². The SMILES string of the molecule is Cn1nccc1-c1cncc(C#N)c1. The highest BCUT2D eigenvalue weighted by atomic mass is 15.3. The summed E-state index contributed by atoms with van der Waals surface area (Å²) in [6, 6.07) is 5.74. The van der Waals surface area contributed by atoms with E-state index in [2.05, 4.69) is 16.2 Å². The molecular formula is C10H8N4. The number of aryl methyl sites for hydroxylation is 1. The van der Waals surface area contributed by atoms with Gasteiger partial charge in [0.05, 0.1) is 11.3 Å². The molecule has 0 aliphatic carbocycles. The van der Waals surface area contributed by atoms with Crippen molar-refractivity contribution in [3.05, 3.63) is 36.3 Å². The first-order valence-corrected chi connectivity index (χ1v) is 4.15. The molecule has 14 heavy (non-hydrogen) atoms. The molecule has 0 saturated heterocycles. The second-order valence-corrected chi connectivity index (χ2v) is 2.91. The van der Waals surface area contributed by atoms with Gasteiger partial charge in [0.1, 0.15) is 6.07 Å². The lowest BCUT2D eigenvalue weighted by Gasteiger charge is -2.00. The lowest BCUT2D eigenvalue weighted by Crippen LogP contribution is -1.94. The summed E-state index contributed by atoms with van der Waals surface area (Å²) in [5, 5.41) is 12.8. The lowest BCUT2D eigenvalue weighted by atomic mass is 10.1. The molecule has 2 rings (SSSR count).